The van der Waals surface area contributed by atoms with E-state index in [0.29, 0.717) is 16.6 Å². The van der Waals surface area contributed by atoms with E-state index < -0.39 is 0 Å². The van der Waals surface area contributed by atoms with Crippen molar-refractivity contribution in [1.29, 1.82) is 0 Å². The number of benzene rings is 3. The van der Waals surface area contributed by atoms with Crippen LogP contribution in [0.15, 0.2) is 72.8 Å². The Kier molecular flexibility index (Phi) is 4.80. The summed E-state index contributed by atoms with van der Waals surface area (Å²) in [4.78, 5) is 0. The Morgan fingerprint density at radius 3 is 1.92 bits per heavy atom. The van der Waals surface area contributed by atoms with E-state index in [1.165, 1.54) is 6.07 Å². The first kappa shape index (κ1) is 15.7. The maximum absolute atomic E-state index is 14.2. The molecule has 3 rings (SSSR count). The van der Waals surface area contributed by atoms with Crippen LogP contribution >= 0.6 is 0 Å². The smallest absolute Gasteiger partial charge is 0.140 e. The van der Waals surface area contributed by atoms with Gasteiger partial charge in [-0.15, -0.1) is 0 Å². The summed E-state index contributed by atoms with van der Waals surface area (Å²) in [6.07, 6.45) is 0. The molecule has 0 spiro atoms. The molecule has 0 amide bonds. The summed E-state index contributed by atoms with van der Waals surface area (Å²) in [6, 6.07) is 21.6. The quantitative estimate of drug-likeness (QED) is 0.441. The summed E-state index contributed by atoms with van der Waals surface area (Å²) in [5, 5.41) is 0. The molecule has 0 saturated carbocycles. The molecule has 0 unspecified atom stereocenters. The maximum atomic E-state index is 14.2. The molecule has 2 radical (unpaired) electrons. The average molecular weight is 306 g/mol. The predicted molar refractivity (Wildman–Crippen MR) is 96.6 cm³/mol. The van der Waals surface area contributed by atoms with E-state index >= 15 is 0 Å². The van der Waals surface area contributed by atoms with E-state index in [2.05, 4.69) is 23.7 Å². The molecule has 0 fully saturated rings. The third-order valence-corrected chi connectivity index (χ3v) is 3.35. The number of hydrogen-bond acceptors (Lipinski definition) is 0. The Hall–Kier alpha value is -3.23. The number of halogens is 1. The molecule has 3 aromatic carbocycles. The Bertz CT molecular complexity index is 966. The first-order chi connectivity index (χ1) is 11.7. The first-order valence-corrected chi connectivity index (χ1v) is 7.45. The second kappa shape index (κ2) is 7.36. The largest absolute Gasteiger partial charge is 0.206 e. The van der Waals surface area contributed by atoms with Gasteiger partial charge in [0.15, 0.2) is 0 Å². The van der Waals surface area contributed by atoms with Crippen LogP contribution in [-0.2, 0) is 0 Å². The van der Waals surface area contributed by atoms with Crippen molar-refractivity contribution in [3.8, 4) is 23.7 Å². The van der Waals surface area contributed by atoms with Crippen LogP contribution in [0, 0.1) is 29.5 Å². The van der Waals surface area contributed by atoms with Crippen LogP contribution in [0.4, 0.5) is 4.39 Å². The summed E-state index contributed by atoms with van der Waals surface area (Å²) in [5.74, 6) is 11.3. The molecule has 0 heterocycles. The topological polar surface area (TPSA) is 0 Å². The highest BCUT2D eigenvalue weighted by Gasteiger charge is 1.99. The van der Waals surface area contributed by atoms with E-state index in [-0.39, 0.29) is 5.82 Å². The van der Waals surface area contributed by atoms with Crippen molar-refractivity contribution < 1.29 is 4.39 Å². The zero-order valence-electron chi connectivity index (χ0n) is 12.9. The molecule has 2 heteroatoms. The molecule has 3 aromatic rings. The zero-order chi connectivity index (χ0) is 16.8. The molecular formula is C22H12BF. The van der Waals surface area contributed by atoms with Gasteiger partial charge in [0.25, 0.3) is 0 Å². The van der Waals surface area contributed by atoms with E-state index in [1.54, 1.807) is 36.4 Å². The fraction of sp³-hybridized carbons (Fsp3) is 0. The molecule has 0 atom stereocenters. The van der Waals surface area contributed by atoms with E-state index in [0.717, 1.165) is 11.1 Å². The fourth-order valence-electron chi connectivity index (χ4n) is 2.07. The monoisotopic (exact) mass is 306 g/mol. The molecule has 0 aliphatic carbocycles. The van der Waals surface area contributed by atoms with Gasteiger partial charge in [-0.25, -0.2) is 4.39 Å². The molecule has 0 N–H and O–H groups in total. The Morgan fingerprint density at radius 1 is 0.625 bits per heavy atom. The van der Waals surface area contributed by atoms with Gasteiger partial charge in [-0.1, -0.05) is 59.5 Å². The van der Waals surface area contributed by atoms with Crippen LogP contribution in [0.3, 0.4) is 0 Å². The SMILES string of the molecule is [B]c1ccc(C#Cc2ccc(C#Cc3ccccc3)cc2F)cc1. The van der Waals surface area contributed by atoms with Crippen LogP contribution in [-0.4, -0.2) is 7.85 Å². The van der Waals surface area contributed by atoms with Crippen LogP contribution in [0.25, 0.3) is 0 Å². The maximum Gasteiger partial charge on any atom is 0.140 e. The minimum atomic E-state index is -0.377. The summed E-state index contributed by atoms with van der Waals surface area (Å²) in [7, 11) is 5.62. The minimum absolute atomic E-state index is 0.345. The van der Waals surface area contributed by atoms with Gasteiger partial charge in [0.2, 0.25) is 0 Å². The Balaban J connectivity index is 1.81. The molecule has 0 aliphatic heterocycles. The normalized spacial score (nSPS) is 9.38. The summed E-state index contributed by atoms with van der Waals surface area (Å²) < 4.78 is 14.2. The predicted octanol–water partition coefficient (Wildman–Crippen LogP) is 3.42. The molecule has 0 bridgehead atoms. The third kappa shape index (κ3) is 4.16. The summed E-state index contributed by atoms with van der Waals surface area (Å²) >= 11 is 0. The molecule has 0 nitrogen and oxygen atoms in total. The zero-order valence-corrected chi connectivity index (χ0v) is 12.9. The molecular weight excluding hydrogens is 294 g/mol. The highest BCUT2D eigenvalue weighted by atomic mass is 19.1. The lowest BCUT2D eigenvalue weighted by Crippen LogP contribution is -1.99. The van der Waals surface area contributed by atoms with Crippen molar-refractivity contribution in [2.24, 2.45) is 0 Å². The second-order valence-electron chi connectivity index (χ2n) is 5.18. The van der Waals surface area contributed by atoms with Crippen LogP contribution < -0.4 is 5.46 Å². The minimum Gasteiger partial charge on any atom is -0.206 e. The van der Waals surface area contributed by atoms with Crippen LogP contribution in [0.1, 0.15) is 22.3 Å². The fourth-order valence-corrected chi connectivity index (χ4v) is 2.07. The van der Waals surface area contributed by atoms with E-state index in [4.69, 9.17) is 7.85 Å². The molecule has 0 saturated heterocycles. The lowest BCUT2D eigenvalue weighted by Gasteiger charge is -1.96. The van der Waals surface area contributed by atoms with Gasteiger partial charge in [-0.05, 0) is 42.5 Å². The molecule has 0 aromatic heterocycles. The van der Waals surface area contributed by atoms with Gasteiger partial charge >= 0.3 is 0 Å². The van der Waals surface area contributed by atoms with Crippen LogP contribution in [0.5, 0.6) is 0 Å². The Morgan fingerprint density at radius 2 is 1.21 bits per heavy atom. The average Bonchev–Trinajstić information content (AvgIpc) is 2.61. The molecule has 110 valence electrons. The molecule has 0 aliphatic rings. The summed E-state index contributed by atoms with van der Waals surface area (Å²) in [6.45, 7) is 0. The van der Waals surface area contributed by atoms with Gasteiger partial charge in [0.1, 0.15) is 13.7 Å². The van der Waals surface area contributed by atoms with E-state index in [1.807, 2.05) is 30.3 Å². The van der Waals surface area contributed by atoms with Gasteiger partial charge < -0.3 is 0 Å². The number of hydrogen-bond donors (Lipinski definition) is 0. The Labute approximate surface area is 142 Å². The number of rotatable bonds is 0. The van der Waals surface area contributed by atoms with Crippen molar-refractivity contribution in [1.82, 2.24) is 0 Å². The highest BCUT2D eigenvalue weighted by molar-refractivity contribution is 6.32. The van der Waals surface area contributed by atoms with Crippen LogP contribution in [0.2, 0.25) is 0 Å². The van der Waals surface area contributed by atoms with Crippen molar-refractivity contribution in [3.05, 3.63) is 101 Å². The van der Waals surface area contributed by atoms with Gasteiger partial charge in [-0.3, -0.25) is 0 Å². The van der Waals surface area contributed by atoms with Gasteiger partial charge in [-0.2, -0.15) is 0 Å². The van der Waals surface area contributed by atoms with E-state index in [9.17, 15) is 4.39 Å². The third-order valence-electron chi connectivity index (χ3n) is 3.35. The van der Waals surface area contributed by atoms with Crippen molar-refractivity contribution in [2.75, 3.05) is 0 Å². The molecule has 24 heavy (non-hydrogen) atoms. The van der Waals surface area contributed by atoms with Gasteiger partial charge in [0.05, 0.1) is 5.56 Å². The van der Waals surface area contributed by atoms with Crippen molar-refractivity contribution in [2.45, 2.75) is 0 Å². The first-order valence-electron chi connectivity index (χ1n) is 7.45. The highest BCUT2D eigenvalue weighted by Crippen LogP contribution is 2.09. The lowest BCUT2D eigenvalue weighted by atomic mass is 9.95. The summed E-state index contributed by atoms with van der Waals surface area (Å²) in [5.41, 5.74) is 3.32. The van der Waals surface area contributed by atoms with Gasteiger partial charge in [0, 0.05) is 16.7 Å². The second-order valence-corrected chi connectivity index (χ2v) is 5.18. The lowest BCUT2D eigenvalue weighted by molar-refractivity contribution is 0.624. The van der Waals surface area contributed by atoms with Crippen molar-refractivity contribution >= 4 is 13.3 Å². The standard InChI is InChI=1S/C22H12BF/c23-21-14-10-18(11-15-21)8-12-20-13-9-19(16-22(20)24)7-6-17-4-2-1-3-5-17/h1-5,9-11,13-16H. The van der Waals surface area contributed by atoms with Crippen molar-refractivity contribution in [3.63, 3.8) is 0 Å².